The second-order valence-electron chi connectivity index (χ2n) is 3.85. The summed E-state index contributed by atoms with van der Waals surface area (Å²) >= 11 is 0. The third-order valence-electron chi connectivity index (χ3n) is 2.74. The minimum atomic E-state index is 0.189. The molecule has 0 bridgehead atoms. The fraction of sp³-hybridized carbons (Fsp3) is 0.889. The van der Waals surface area contributed by atoms with Gasteiger partial charge in [-0.15, -0.1) is 0 Å². The molecule has 0 saturated carbocycles. The van der Waals surface area contributed by atoms with Crippen molar-refractivity contribution >= 4 is 5.91 Å². The van der Waals surface area contributed by atoms with Crippen LogP contribution in [0.15, 0.2) is 0 Å². The van der Waals surface area contributed by atoms with Gasteiger partial charge in [0.05, 0.1) is 19.3 Å². The van der Waals surface area contributed by atoms with Crippen molar-refractivity contribution in [3.05, 3.63) is 0 Å². The molecule has 74 valence electrons. The van der Waals surface area contributed by atoms with Crippen molar-refractivity contribution in [2.45, 2.75) is 25.4 Å². The summed E-state index contributed by atoms with van der Waals surface area (Å²) in [5.74, 6) is 0.189. The predicted molar refractivity (Wildman–Crippen MR) is 48.4 cm³/mol. The molecule has 2 saturated heterocycles. The first-order valence-corrected chi connectivity index (χ1v) is 4.85. The van der Waals surface area contributed by atoms with Gasteiger partial charge in [0.2, 0.25) is 5.91 Å². The minimum absolute atomic E-state index is 0.189. The Bertz CT molecular complexity index is 204. The van der Waals surface area contributed by atoms with Gasteiger partial charge in [-0.25, -0.2) is 0 Å². The van der Waals surface area contributed by atoms with Gasteiger partial charge in [0.25, 0.3) is 0 Å². The van der Waals surface area contributed by atoms with Gasteiger partial charge in [-0.05, 0) is 6.42 Å². The van der Waals surface area contributed by atoms with Crippen molar-refractivity contribution in [1.29, 1.82) is 0 Å². The van der Waals surface area contributed by atoms with Crippen LogP contribution in [0.1, 0.15) is 13.3 Å². The van der Waals surface area contributed by atoms with Crippen LogP contribution in [0.2, 0.25) is 0 Å². The molecule has 0 aromatic rings. The van der Waals surface area contributed by atoms with Crippen LogP contribution < -0.4 is 5.32 Å². The highest BCUT2D eigenvalue weighted by atomic mass is 16.5. The van der Waals surface area contributed by atoms with Crippen LogP contribution in [0, 0.1) is 0 Å². The average molecular weight is 184 g/mol. The van der Waals surface area contributed by atoms with E-state index in [9.17, 15) is 4.79 Å². The van der Waals surface area contributed by atoms with E-state index in [0.29, 0.717) is 12.1 Å². The van der Waals surface area contributed by atoms with Crippen molar-refractivity contribution in [3.8, 4) is 0 Å². The molecule has 2 rings (SSSR count). The Labute approximate surface area is 78.2 Å². The van der Waals surface area contributed by atoms with Gasteiger partial charge in [-0.3, -0.25) is 4.79 Å². The van der Waals surface area contributed by atoms with Gasteiger partial charge in [-0.1, -0.05) is 0 Å². The number of carbonyl (C=O) groups excluding carboxylic acids is 1. The predicted octanol–water partition coefficient (Wildman–Crippen LogP) is -0.404. The van der Waals surface area contributed by atoms with Crippen LogP contribution in [0.3, 0.4) is 0 Å². The van der Waals surface area contributed by atoms with Crippen molar-refractivity contribution in [2.24, 2.45) is 0 Å². The molecule has 2 heterocycles. The molecule has 1 unspecified atom stereocenters. The van der Waals surface area contributed by atoms with Crippen LogP contribution in [0.25, 0.3) is 0 Å². The number of nitrogens with one attached hydrogen (secondary N) is 1. The molecule has 2 aliphatic heterocycles. The van der Waals surface area contributed by atoms with Crippen LogP contribution in [-0.2, 0) is 9.53 Å². The zero-order valence-electron chi connectivity index (χ0n) is 7.95. The maximum absolute atomic E-state index is 11.0. The molecule has 0 spiro atoms. The Hall–Kier alpha value is -0.610. The molecule has 0 radical (unpaired) electrons. The van der Waals surface area contributed by atoms with Crippen LogP contribution >= 0.6 is 0 Å². The van der Waals surface area contributed by atoms with E-state index >= 15 is 0 Å². The van der Waals surface area contributed by atoms with Gasteiger partial charge in [0, 0.05) is 26.1 Å². The molecular weight excluding hydrogens is 168 g/mol. The fourth-order valence-electron chi connectivity index (χ4n) is 1.85. The van der Waals surface area contributed by atoms with Gasteiger partial charge in [0.1, 0.15) is 0 Å². The monoisotopic (exact) mass is 184 g/mol. The lowest BCUT2D eigenvalue weighted by molar-refractivity contribution is -0.127. The van der Waals surface area contributed by atoms with Crippen molar-refractivity contribution < 1.29 is 9.53 Å². The standard InChI is InChI=1S/C9H16N2O2/c1-7(12)11-3-2-8(4-11)10-9-5-13-6-9/h8-10H,2-6H2,1H3. The normalized spacial score (nSPS) is 29.0. The molecule has 1 N–H and O–H groups in total. The van der Waals surface area contributed by atoms with Crippen LogP contribution in [-0.4, -0.2) is 49.2 Å². The second kappa shape index (κ2) is 3.64. The third kappa shape index (κ3) is 2.00. The van der Waals surface area contributed by atoms with E-state index in [-0.39, 0.29) is 5.91 Å². The van der Waals surface area contributed by atoms with E-state index in [1.807, 2.05) is 4.90 Å². The van der Waals surface area contributed by atoms with E-state index in [2.05, 4.69) is 5.32 Å². The first kappa shape index (κ1) is 8.97. The summed E-state index contributed by atoms with van der Waals surface area (Å²) in [4.78, 5) is 12.9. The molecule has 0 aromatic carbocycles. The Morgan fingerprint density at radius 1 is 1.46 bits per heavy atom. The topological polar surface area (TPSA) is 41.6 Å². The first-order valence-electron chi connectivity index (χ1n) is 4.85. The van der Waals surface area contributed by atoms with Gasteiger partial charge in [-0.2, -0.15) is 0 Å². The van der Waals surface area contributed by atoms with E-state index in [1.54, 1.807) is 6.92 Å². The maximum atomic E-state index is 11.0. The zero-order valence-corrected chi connectivity index (χ0v) is 7.95. The first-order chi connectivity index (χ1) is 6.25. The summed E-state index contributed by atoms with van der Waals surface area (Å²) in [5, 5.41) is 3.48. The number of amides is 1. The lowest BCUT2D eigenvalue weighted by Crippen LogP contribution is -2.51. The Morgan fingerprint density at radius 2 is 2.23 bits per heavy atom. The molecule has 2 fully saturated rings. The summed E-state index contributed by atoms with van der Waals surface area (Å²) in [6.45, 7) is 5.06. The van der Waals surface area contributed by atoms with Crippen molar-refractivity contribution in [1.82, 2.24) is 10.2 Å². The molecule has 0 aliphatic carbocycles. The number of ether oxygens (including phenoxy) is 1. The number of hydrogen-bond donors (Lipinski definition) is 1. The minimum Gasteiger partial charge on any atom is -0.378 e. The van der Waals surface area contributed by atoms with Gasteiger partial charge >= 0.3 is 0 Å². The lowest BCUT2D eigenvalue weighted by atomic mass is 10.2. The highest BCUT2D eigenvalue weighted by Crippen LogP contribution is 2.11. The molecule has 4 heteroatoms. The Kier molecular flexibility index (Phi) is 2.51. The summed E-state index contributed by atoms with van der Waals surface area (Å²) in [7, 11) is 0. The molecule has 4 nitrogen and oxygen atoms in total. The fourth-order valence-corrected chi connectivity index (χ4v) is 1.85. The highest BCUT2D eigenvalue weighted by Gasteiger charge is 2.28. The van der Waals surface area contributed by atoms with E-state index in [4.69, 9.17) is 4.74 Å². The number of hydrogen-bond acceptors (Lipinski definition) is 3. The van der Waals surface area contributed by atoms with Gasteiger partial charge in [0.15, 0.2) is 0 Å². The number of carbonyl (C=O) groups is 1. The number of rotatable bonds is 2. The Balaban J connectivity index is 1.74. The Morgan fingerprint density at radius 3 is 2.69 bits per heavy atom. The molecule has 13 heavy (non-hydrogen) atoms. The van der Waals surface area contributed by atoms with E-state index in [1.165, 1.54) is 0 Å². The van der Waals surface area contributed by atoms with Crippen molar-refractivity contribution in [2.75, 3.05) is 26.3 Å². The third-order valence-corrected chi connectivity index (χ3v) is 2.74. The van der Waals surface area contributed by atoms with E-state index < -0.39 is 0 Å². The lowest BCUT2D eigenvalue weighted by Gasteiger charge is -2.29. The summed E-state index contributed by atoms with van der Waals surface area (Å²) < 4.78 is 5.08. The largest absolute Gasteiger partial charge is 0.378 e. The zero-order chi connectivity index (χ0) is 9.26. The number of likely N-dealkylation sites (tertiary alicyclic amines) is 1. The van der Waals surface area contributed by atoms with Crippen LogP contribution in [0.5, 0.6) is 0 Å². The summed E-state index contributed by atoms with van der Waals surface area (Å²) in [6, 6.07) is 1.01. The number of nitrogens with zero attached hydrogens (tertiary/aromatic N) is 1. The maximum Gasteiger partial charge on any atom is 0.219 e. The quantitative estimate of drug-likeness (QED) is 0.634. The second-order valence-corrected chi connectivity index (χ2v) is 3.85. The average Bonchev–Trinajstić information content (AvgIpc) is 2.44. The van der Waals surface area contributed by atoms with E-state index in [0.717, 1.165) is 32.7 Å². The molecule has 1 amide bonds. The summed E-state index contributed by atoms with van der Waals surface area (Å²) in [5.41, 5.74) is 0. The van der Waals surface area contributed by atoms with Gasteiger partial charge < -0.3 is 15.0 Å². The molecule has 1 atom stereocenters. The molecule has 2 aliphatic rings. The molecule has 0 aromatic heterocycles. The molecular formula is C9H16N2O2. The van der Waals surface area contributed by atoms with Crippen LogP contribution in [0.4, 0.5) is 0 Å². The highest BCUT2D eigenvalue weighted by molar-refractivity contribution is 5.73. The smallest absolute Gasteiger partial charge is 0.219 e. The summed E-state index contributed by atoms with van der Waals surface area (Å²) in [6.07, 6.45) is 1.08. The SMILES string of the molecule is CC(=O)N1CCC(NC2COC2)C1. The van der Waals surface area contributed by atoms with Crippen molar-refractivity contribution in [3.63, 3.8) is 0 Å².